The van der Waals surface area contributed by atoms with E-state index in [-0.39, 0.29) is 6.61 Å². The molecule has 1 aliphatic rings. The molecule has 1 fully saturated rings. The molecule has 5 atom stereocenters. The van der Waals surface area contributed by atoms with Gasteiger partial charge in [0.05, 0.1) is 13.2 Å². The first-order valence-corrected chi connectivity index (χ1v) is 9.07. The summed E-state index contributed by atoms with van der Waals surface area (Å²) in [5.74, 6) is -2.54. The largest absolute Gasteiger partial charge is 0.500 e. The van der Waals surface area contributed by atoms with Crippen LogP contribution in [0.1, 0.15) is 6.42 Å². The number of aliphatic hydroxyl groups excluding tert-OH is 4. The molecule has 1 unspecified atom stereocenters. The zero-order valence-corrected chi connectivity index (χ0v) is 14.4. The monoisotopic (exact) mass is 358 g/mol. The fraction of sp³-hybridized carbons (Fsp3) is 1.00. The van der Waals surface area contributed by atoms with Crippen molar-refractivity contribution in [1.82, 2.24) is 0 Å². The molecule has 0 spiro atoms. The van der Waals surface area contributed by atoms with Crippen molar-refractivity contribution in [3.63, 3.8) is 0 Å². The Morgan fingerprint density at radius 1 is 1.04 bits per heavy atom. The third-order valence-corrected chi connectivity index (χ3v) is 6.63. The minimum absolute atomic E-state index is 0.0701. The molecule has 1 aliphatic heterocycles. The maximum absolute atomic E-state index is 10.2. The molecule has 0 bridgehead atoms. The second-order valence-corrected chi connectivity index (χ2v) is 8.23. The van der Waals surface area contributed by atoms with Crippen molar-refractivity contribution in [2.75, 3.05) is 34.5 Å². The van der Waals surface area contributed by atoms with Gasteiger partial charge in [0.15, 0.2) is 6.10 Å². The average Bonchev–Trinajstić information content (AvgIpc) is 2.57. The second kappa shape index (κ2) is 8.78. The van der Waals surface area contributed by atoms with E-state index in [1.54, 1.807) is 0 Å². The lowest BCUT2D eigenvalue weighted by atomic mass is 9.98. The van der Waals surface area contributed by atoms with Gasteiger partial charge in [-0.15, -0.1) is 0 Å². The highest BCUT2D eigenvalue weighted by molar-refractivity contribution is 6.60. The maximum Gasteiger partial charge on any atom is 0.500 e. The molecule has 138 valence electrons. The van der Waals surface area contributed by atoms with Gasteiger partial charge in [0, 0.05) is 27.4 Å². The molecular formula is C12H26O10Si. The summed E-state index contributed by atoms with van der Waals surface area (Å²) in [7, 11) is 1.61. The van der Waals surface area contributed by atoms with E-state index in [9.17, 15) is 20.4 Å². The normalized spacial score (nSPS) is 35.5. The lowest BCUT2D eigenvalue weighted by Crippen LogP contribution is -2.66. The van der Waals surface area contributed by atoms with Crippen LogP contribution >= 0.6 is 0 Å². The van der Waals surface area contributed by atoms with Gasteiger partial charge < -0.3 is 48.3 Å². The molecule has 0 aromatic carbocycles. The Labute approximate surface area is 135 Å². The highest BCUT2D eigenvalue weighted by Gasteiger charge is 2.54. The minimum atomic E-state index is -2.78. The van der Waals surface area contributed by atoms with Gasteiger partial charge in [-0.2, -0.15) is 0 Å². The van der Waals surface area contributed by atoms with Gasteiger partial charge in [0.1, 0.15) is 18.3 Å². The minimum Gasteiger partial charge on any atom is -0.394 e. The number of aliphatic hydroxyl groups is 5. The summed E-state index contributed by atoms with van der Waals surface area (Å²) in [5, 5.41) is 48.4. The Balaban J connectivity index is 2.58. The smallest absolute Gasteiger partial charge is 0.394 e. The first-order valence-electron chi connectivity index (χ1n) is 7.13. The van der Waals surface area contributed by atoms with E-state index in [0.717, 1.165) is 0 Å². The molecule has 23 heavy (non-hydrogen) atoms. The fourth-order valence-corrected chi connectivity index (χ4v) is 4.00. The summed E-state index contributed by atoms with van der Waals surface area (Å²) in [4.78, 5) is 0. The van der Waals surface area contributed by atoms with E-state index in [4.69, 9.17) is 27.9 Å². The van der Waals surface area contributed by atoms with Gasteiger partial charge in [0.2, 0.25) is 0 Å². The van der Waals surface area contributed by atoms with Crippen LogP contribution in [-0.2, 0) is 22.8 Å². The van der Waals surface area contributed by atoms with E-state index in [1.165, 1.54) is 21.3 Å². The van der Waals surface area contributed by atoms with Crippen LogP contribution in [0.2, 0.25) is 6.04 Å². The van der Waals surface area contributed by atoms with E-state index < -0.39 is 45.8 Å². The lowest BCUT2D eigenvalue weighted by molar-refractivity contribution is -0.448. The summed E-state index contributed by atoms with van der Waals surface area (Å²) in [6.07, 6.45) is -6.10. The topological polar surface area (TPSA) is 147 Å². The number of rotatable bonds is 9. The molecule has 0 aromatic rings. The second-order valence-electron chi connectivity index (χ2n) is 5.14. The van der Waals surface area contributed by atoms with E-state index in [2.05, 4.69) is 0 Å². The van der Waals surface area contributed by atoms with Crippen molar-refractivity contribution in [2.45, 2.75) is 42.9 Å². The summed E-state index contributed by atoms with van der Waals surface area (Å²) >= 11 is 0. The number of hydrogen-bond donors (Lipinski definition) is 5. The van der Waals surface area contributed by atoms with Crippen molar-refractivity contribution >= 4 is 8.80 Å². The molecule has 0 aliphatic carbocycles. The standard InChI is InChI=1S/C12H26O10Si/c1-18-23(19-2,20-3)6-4-5-21-12(17)11(16)10(15)9(14)8(7-13)22-12/h8-11,13-17H,4-7H2,1-3H3/t8-,9-,10+,11-,12?/m1/s1. The average molecular weight is 358 g/mol. The number of ether oxygens (including phenoxy) is 2. The molecule has 1 rings (SSSR count). The summed E-state index contributed by atoms with van der Waals surface area (Å²) in [6, 6.07) is 0.386. The summed E-state index contributed by atoms with van der Waals surface area (Å²) < 4.78 is 25.8. The van der Waals surface area contributed by atoms with Gasteiger partial charge in [0.25, 0.3) is 0 Å². The Morgan fingerprint density at radius 2 is 1.61 bits per heavy atom. The quantitative estimate of drug-likeness (QED) is 0.169. The van der Waals surface area contributed by atoms with Crippen LogP contribution in [0.3, 0.4) is 0 Å². The molecule has 0 saturated carbocycles. The van der Waals surface area contributed by atoms with Crippen LogP contribution in [0.4, 0.5) is 0 Å². The number of hydrogen-bond acceptors (Lipinski definition) is 10. The fourth-order valence-electron chi connectivity index (χ4n) is 2.31. The van der Waals surface area contributed by atoms with Gasteiger partial charge in [-0.25, -0.2) is 0 Å². The third kappa shape index (κ3) is 4.67. The predicted octanol–water partition coefficient (Wildman–Crippen LogP) is -2.61. The van der Waals surface area contributed by atoms with Crippen molar-refractivity contribution < 1.29 is 48.3 Å². The SMILES string of the molecule is CO[Si](CCCOC1(O)O[C@H](CO)[C@@H](O)[C@H](O)[C@H]1O)(OC)OC. The van der Waals surface area contributed by atoms with Gasteiger partial charge in [-0.1, -0.05) is 0 Å². The molecule has 11 heteroatoms. The highest BCUT2D eigenvalue weighted by atomic mass is 28.4. The molecule has 1 saturated heterocycles. The maximum atomic E-state index is 10.2. The van der Waals surface area contributed by atoms with E-state index in [0.29, 0.717) is 12.5 Å². The molecule has 1 heterocycles. The Kier molecular flexibility index (Phi) is 7.96. The first-order chi connectivity index (χ1) is 10.8. The molecule has 0 aromatic heterocycles. The van der Waals surface area contributed by atoms with Crippen molar-refractivity contribution in [2.24, 2.45) is 0 Å². The Hall–Kier alpha value is -0.183. The molecule has 0 amide bonds. The summed E-state index contributed by atoms with van der Waals surface area (Å²) in [5.41, 5.74) is 0. The van der Waals surface area contributed by atoms with Crippen LogP contribution in [-0.4, -0.2) is 99.3 Å². The molecule has 10 nitrogen and oxygen atoms in total. The van der Waals surface area contributed by atoms with Crippen molar-refractivity contribution in [3.8, 4) is 0 Å². The Morgan fingerprint density at radius 3 is 2.09 bits per heavy atom. The Bertz CT molecular complexity index is 344. The summed E-state index contributed by atoms with van der Waals surface area (Å²) in [6.45, 7) is -0.733. The molecule has 0 radical (unpaired) electrons. The van der Waals surface area contributed by atoms with Crippen LogP contribution in [0, 0.1) is 0 Å². The highest BCUT2D eigenvalue weighted by Crippen LogP contribution is 2.29. The van der Waals surface area contributed by atoms with Crippen LogP contribution in [0.15, 0.2) is 0 Å². The molecular weight excluding hydrogens is 332 g/mol. The third-order valence-electron chi connectivity index (χ3n) is 3.80. The zero-order chi connectivity index (χ0) is 17.7. The molecule has 5 N–H and O–H groups in total. The van der Waals surface area contributed by atoms with Crippen LogP contribution < -0.4 is 0 Å². The lowest BCUT2D eigenvalue weighted by Gasteiger charge is -2.44. The van der Waals surface area contributed by atoms with Gasteiger partial charge in [-0.3, -0.25) is 0 Å². The first kappa shape index (κ1) is 20.9. The van der Waals surface area contributed by atoms with Gasteiger partial charge >= 0.3 is 14.8 Å². The van der Waals surface area contributed by atoms with E-state index >= 15 is 0 Å². The van der Waals surface area contributed by atoms with E-state index in [1.807, 2.05) is 0 Å². The van der Waals surface area contributed by atoms with Crippen molar-refractivity contribution in [1.29, 1.82) is 0 Å². The van der Waals surface area contributed by atoms with Crippen LogP contribution in [0.25, 0.3) is 0 Å². The van der Waals surface area contributed by atoms with Gasteiger partial charge in [-0.05, 0) is 6.42 Å². The predicted molar refractivity (Wildman–Crippen MR) is 77.1 cm³/mol. The van der Waals surface area contributed by atoms with Crippen LogP contribution in [0.5, 0.6) is 0 Å². The van der Waals surface area contributed by atoms with Crippen molar-refractivity contribution in [3.05, 3.63) is 0 Å². The zero-order valence-electron chi connectivity index (χ0n) is 13.4.